The van der Waals surface area contributed by atoms with E-state index in [2.05, 4.69) is 0 Å². The molecule has 2 heterocycles. The Kier molecular flexibility index (Phi) is 2.64. The van der Waals surface area contributed by atoms with Crippen molar-refractivity contribution in [2.45, 2.75) is 26.4 Å². The molecule has 0 N–H and O–H groups in total. The molecule has 0 amide bonds. The lowest BCUT2D eigenvalue weighted by molar-refractivity contribution is -0.227. The summed E-state index contributed by atoms with van der Waals surface area (Å²) in [5.74, 6) is 1.55. The van der Waals surface area contributed by atoms with Gasteiger partial charge in [-0.2, -0.15) is 0 Å². The average molecular weight is 274 g/mol. The Labute approximate surface area is 126 Å². The predicted octanol–water partition coefficient (Wildman–Crippen LogP) is 1.39. The van der Waals surface area contributed by atoms with Crippen molar-refractivity contribution >= 4 is 26.6 Å². The summed E-state index contributed by atoms with van der Waals surface area (Å²) in [6, 6.07) is 7.43. The molecule has 3 nitrogen and oxygen atoms in total. The van der Waals surface area contributed by atoms with Crippen LogP contribution in [0.3, 0.4) is 0 Å². The van der Waals surface area contributed by atoms with E-state index < -0.39 is 12.6 Å². The molecule has 100 valence electrons. The van der Waals surface area contributed by atoms with E-state index in [9.17, 15) is 0 Å². The fourth-order valence-electron chi connectivity index (χ4n) is 2.99. The highest BCUT2D eigenvalue weighted by atomic mass is 16.8. The van der Waals surface area contributed by atoms with Crippen molar-refractivity contribution in [2.75, 3.05) is 0 Å². The number of hydrogen-bond acceptors (Lipinski definition) is 3. The van der Waals surface area contributed by atoms with Crippen LogP contribution in [-0.4, -0.2) is 15.7 Å². The highest BCUT2D eigenvalue weighted by molar-refractivity contribution is 6.32. The molecule has 2 aliphatic rings. The van der Waals surface area contributed by atoms with Crippen LogP contribution in [-0.2, 0) is 4.74 Å². The molecular formula is C16H12B2O3. The Hall–Kier alpha value is -1.87. The van der Waals surface area contributed by atoms with Gasteiger partial charge in [0.1, 0.15) is 27.2 Å². The zero-order chi connectivity index (χ0) is 14.7. The van der Waals surface area contributed by atoms with Crippen LogP contribution < -0.4 is 20.4 Å². The fourth-order valence-corrected chi connectivity index (χ4v) is 2.99. The second kappa shape index (κ2) is 4.31. The maximum Gasteiger partial charge on any atom is 0.233 e. The maximum absolute atomic E-state index is 6.01. The van der Waals surface area contributed by atoms with E-state index in [1.165, 1.54) is 0 Å². The molecule has 4 rings (SSSR count). The Morgan fingerprint density at radius 3 is 1.62 bits per heavy atom. The first-order chi connectivity index (χ1) is 10.0. The van der Waals surface area contributed by atoms with Gasteiger partial charge < -0.3 is 9.47 Å². The van der Waals surface area contributed by atoms with Gasteiger partial charge in [-0.1, -0.05) is 35.2 Å². The number of aryl methyl sites for hydroxylation is 2. The van der Waals surface area contributed by atoms with Crippen LogP contribution in [0.5, 0.6) is 11.5 Å². The minimum absolute atomic E-state index is 0.504. The third-order valence-corrected chi connectivity index (χ3v) is 3.86. The minimum atomic E-state index is -0.504. The maximum atomic E-state index is 6.01. The molecule has 2 aliphatic heterocycles. The molecule has 0 saturated carbocycles. The smallest absolute Gasteiger partial charge is 0.233 e. The van der Waals surface area contributed by atoms with Crippen molar-refractivity contribution in [1.82, 2.24) is 0 Å². The SMILES string of the molecule is [B]c1cc(C)c2c(c1)C1Oc3c(C)cc([B])cc3C(O2)O1. The van der Waals surface area contributed by atoms with Crippen LogP contribution in [0.4, 0.5) is 0 Å². The van der Waals surface area contributed by atoms with E-state index in [-0.39, 0.29) is 0 Å². The quantitative estimate of drug-likeness (QED) is 0.679. The number of benzene rings is 2. The summed E-state index contributed by atoms with van der Waals surface area (Å²) in [4.78, 5) is 0. The van der Waals surface area contributed by atoms with E-state index in [0.29, 0.717) is 10.9 Å². The second-order valence-electron chi connectivity index (χ2n) is 5.55. The number of fused-ring (bicyclic) bond motifs is 6. The molecule has 21 heavy (non-hydrogen) atoms. The summed E-state index contributed by atoms with van der Waals surface area (Å²) in [5.41, 5.74) is 4.92. The number of rotatable bonds is 0. The number of ether oxygens (including phenoxy) is 3. The average Bonchev–Trinajstić information content (AvgIpc) is 2.41. The zero-order valence-electron chi connectivity index (χ0n) is 11.8. The van der Waals surface area contributed by atoms with Gasteiger partial charge in [0, 0.05) is 0 Å². The molecule has 4 radical (unpaired) electrons. The highest BCUT2D eigenvalue weighted by Crippen LogP contribution is 2.48. The first-order valence-corrected chi connectivity index (χ1v) is 6.82. The van der Waals surface area contributed by atoms with Gasteiger partial charge in [0.05, 0.1) is 11.1 Å². The summed E-state index contributed by atoms with van der Waals surface area (Å²) in [6.07, 6.45) is -1.01. The minimum Gasteiger partial charge on any atom is -0.459 e. The lowest BCUT2D eigenvalue weighted by Gasteiger charge is -2.39. The summed E-state index contributed by atoms with van der Waals surface area (Å²) in [5, 5.41) is 0. The molecule has 0 fully saturated rings. The van der Waals surface area contributed by atoms with Gasteiger partial charge in [-0.3, -0.25) is 4.74 Å². The van der Waals surface area contributed by atoms with Crippen molar-refractivity contribution in [3.63, 3.8) is 0 Å². The van der Waals surface area contributed by atoms with Gasteiger partial charge in [-0.05, 0) is 25.0 Å². The van der Waals surface area contributed by atoms with Crippen molar-refractivity contribution in [3.05, 3.63) is 46.5 Å². The van der Waals surface area contributed by atoms with Gasteiger partial charge >= 0.3 is 0 Å². The van der Waals surface area contributed by atoms with Gasteiger partial charge in [-0.25, -0.2) is 0 Å². The Bertz CT molecular complexity index is 694. The van der Waals surface area contributed by atoms with E-state index in [1.54, 1.807) is 0 Å². The first-order valence-electron chi connectivity index (χ1n) is 6.82. The van der Waals surface area contributed by atoms with Gasteiger partial charge in [-0.15, -0.1) is 0 Å². The molecular weight excluding hydrogens is 262 g/mol. The molecule has 0 aromatic heterocycles. The molecule has 2 unspecified atom stereocenters. The summed E-state index contributed by atoms with van der Waals surface area (Å²) in [7, 11) is 11.8. The number of hydrogen-bond donors (Lipinski definition) is 0. The monoisotopic (exact) mass is 274 g/mol. The van der Waals surface area contributed by atoms with Crippen molar-refractivity contribution in [2.24, 2.45) is 0 Å². The lowest BCUT2D eigenvalue weighted by atomic mass is 9.89. The zero-order valence-corrected chi connectivity index (χ0v) is 11.8. The van der Waals surface area contributed by atoms with Crippen molar-refractivity contribution in [3.8, 4) is 11.5 Å². The van der Waals surface area contributed by atoms with Crippen LogP contribution >= 0.6 is 0 Å². The predicted molar refractivity (Wildman–Crippen MR) is 81.0 cm³/mol. The first kappa shape index (κ1) is 12.8. The second-order valence-corrected chi connectivity index (χ2v) is 5.55. The third kappa shape index (κ3) is 1.88. The van der Waals surface area contributed by atoms with Gasteiger partial charge in [0.15, 0.2) is 0 Å². The van der Waals surface area contributed by atoms with E-state index in [0.717, 1.165) is 33.8 Å². The Morgan fingerprint density at radius 1 is 0.762 bits per heavy atom. The highest BCUT2D eigenvalue weighted by Gasteiger charge is 2.39. The summed E-state index contributed by atoms with van der Waals surface area (Å²) >= 11 is 0. The summed E-state index contributed by atoms with van der Waals surface area (Å²) < 4.78 is 17.9. The fraction of sp³-hybridized carbons (Fsp3) is 0.250. The van der Waals surface area contributed by atoms with Gasteiger partial charge in [0.2, 0.25) is 12.6 Å². The molecule has 5 heteroatoms. The third-order valence-electron chi connectivity index (χ3n) is 3.86. The Balaban J connectivity index is 1.89. The topological polar surface area (TPSA) is 27.7 Å². The van der Waals surface area contributed by atoms with E-state index in [1.807, 2.05) is 38.1 Å². The van der Waals surface area contributed by atoms with Crippen LogP contribution in [0.1, 0.15) is 34.8 Å². The normalized spacial score (nSPS) is 21.8. The molecule has 0 saturated heterocycles. The van der Waals surface area contributed by atoms with Crippen LogP contribution in [0, 0.1) is 13.8 Å². The largest absolute Gasteiger partial charge is 0.459 e. The molecule has 2 atom stereocenters. The molecule has 0 spiro atoms. The van der Waals surface area contributed by atoms with Crippen LogP contribution in [0.2, 0.25) is 0 Å². The van der Waals surface area contributed by atoms with E-state index in [4.69, 9.17) is 29.9 Å². The van der Waals surface area contributed by atoms with Crippen molar-refractivity contribution in [1.29, 1.82) is 0 Å². The van der Waals surface area contributed by atoms with Crippen molar-refractivity contribution < 1.29 is 14.2 Å². The molecule has 2 aromatic carbocycles. The lowest BCUT2D eigenvalue weighted by Crippen LogP contribution is -2.32. The molecule has 2 bridgehead atoms. The molecule has 2 aromatic rings. The summed E-state index contributed by atoms with van der Waals surface area (Å²) in [6.45, 7) is 3.92. The standard InChI is InChI=1S/C16H12B2O3/c1-7-3-9(17)5-11-13(7)19-16-12-6-10(18)4-8(2)14(12)20-15(11)21-16/h3-6,15-16H,1-2H3. The van der Waals surface area contributed by atoms with E-state index >= 15 is 0 Å². The van der Waals surface area contributed by atoms with Gasteiger partial charge in [0.25, 0.3) is 0 Å². The van der Waals surface area contributed by atoms with Crippen LogP contribution in [0.15, 0.2) is 24.3 Å². The molecule has 0 aliphatic carbocycles. The van der Waals surface area contributed by atoms with Crippen LogP contribution in [0.25, 0.3) is 0 Å². The Morgan fingerprint density at radius 2 is 1.19 bits per heavy atom.